The molecule has 1 aromatic rings. The molecule has 1 N–H and O–H groups in total. The van der Waals surface area contributed by atoms with Crippen LogP contribution in [0.3, 0.4) is 0 Å². The Bertz CT molecular complexity index is 609. The average molecular weight is 327 g/mol. The van der Waals surface area contributed by atoms with E-state index < -0.39 is 0 Å². The molecule has 0 aliphatic rings. The number of aromatic hydroxyl groups is 1. The van der Waals surface area contributed by atoms with E-state index in [2.05, 4.69) is 52.8 Å². The van der Waals surface area contributed by atoms with Crippen LogP contribution in [0.5, 0.6) is 11.5 Å². The molecule has 1 aromatic carbocycles. The number of benzene rings is 1. The maximum atomic E-state index is 10.4. The van der Waals surface area contributed by atoms with Gasteiger partial charge in [-0.3, -0.25) is 0 Å². The van der Waals surface area contributed by atoms with Crippen LogP contribution in [-0.2, 0) is 12.8 Å². The Hall–Kier alpha value is -1.96. The number of rotatable bonds is 7. The summed E-state index contributed by atoms with van der Waals surface area (Å²) >= 11 is 0. The Morgan fingerprint density at radius 3 is 2.04 bits per heavy atom. The Balaban J connectivity index is 3.51. The molecule has 1 rings (SSSR count). The van der Waals surface area contributed by atoms with E-state index in [1.807, 2.05) is 19.9 Å². The highest BCUT2D eigenvalue weighted by Crippen LogP contribution is 2.37. The number of phenolic OH excluding ortho intramolecular Hbond substituents is 1. The molecule has 0 aliphatic heterocycles. The molecule has 0 saturated carbocycles. The first-order chi connectivity index (χ1) is 11.3. The molecule has 0 atom stereocenters. The Morgan fingerprint density at radius 1 is 1.04 bits per heavy atom. The number of aryl methyl sites for hydroxylation is 1. The molecular formula is C22H31O2. The van der Waals surface area contributed by atoms with Gasteiger partial charge in [-0.1, -0.05) is 30.2 Å². The van der Waals surface area contributed by atoms with Crippen molar-refractivity contribution in [2.45, 2.75) is 67.7 Å². The first-order valence-corrected chi connectivity index (χ1v) is 8.66. The zero-order valence-electron chi connectivity index (χ0n) is 16.2. The van der Waals surface area contributed by atoms with Gasteiger partial charge in [0.1, 0.15) is 11.5 Å². The molecule has 0 saturated heterocycles. The molecule has 0 amide bonds. The van der Waals surface area contributed by atoms with Crippen molar-refractivity contribution >= 4 is 0 Å². The van der Waals surface area contributed by atoms with Crippen LogP contribution in [0, 0.1) is 13.0 Å². The summed E-state index contributed by atoms with van der Waals surface area (Å²) in [5.41, 5.74) is 5.33. The molecule has 0 unspecified atom stereocenters. The van der Waals surface area contributed by atoms with E-state index in [1.54, 1.807) is 0 Å². The first kappa shape index (κ1) is 20.1. The van der Waals surface area contributed by atoms with Crippen molar-refractivity contribution in [1.29, 1.82) is 0 Å². The van der Waals surface area contributed by atoms with E-state index in [0.717, 1.165) is 41.0 Å². The van der Waals surface area contributed by atoms with Crippen LogP contribution >= 0.6 is 0 Å². The third kappa shape index (κ3) is 5.59. The van der Waals surface area contributed by atoms with Crippen LogP contribution in [0.2, 0.25) is 0 Å². The van der Waals surface area contributed by atoms with Crippen LogP contribution in [-0.4, -0.2) is 5.11 Å². The van der Waals surface area contributed by atoms with Gasteiger partial charge in [-0.05, 0) is 66.0 Å². The van der Waals surface area contributed by atoms with Gasteiger partial charge in [0.15, 0.2) is 0 Å². The summed E-state index contributed by atoms with van der Waals surface area (Å²) in [6.45, 7) is 14.3. The fraction of sp³-hybridized carbons (Fsp3) is 0.455. The van der Waals surface area contributed by atoms with Gasteiger partial charge in [0.05, 0.1) is 5.76 Å². The van der Waals surface area contributed by atoms with E-state index in [9.17, 15) is 5.11 Å². The van der Waals surface area contributed by atoms with Gasteiger partial charge in [-0.2, -0.15) is 0 Å². The van der Waals surface area contributed by atoms with Crippen molar-refractivity contribution in [3.8, 4) is 11.5 Å². The van der Waals surface area contributed by atoms with Crippen molar-refractivity contribution in [1.82, 2.24) is 0 Å². The topological polar surface area (TPSA) is 29.5 Å². The minimum atomic E-state index is 0.188. The normalized spacial score (nSPS) is 11.2. The SMILES string of the molecule is CC=C(CC)Oc1c(CC=C(C)C)c(C)[c]c(O)c1CC=C(C)C. The highest BCUT2D eigenvalue weighted by molar-refractivity contribution is 5.55. The smallest absolute Gasteiger partial charge is 0.137 e. The van der Waals surface area contributed by atoms with Crippen LogP contribution in [0.15, 0.2) is 35.1 Å². The molecule has 0 fully saturated rings. The molecular weight excluding hydrogens is 296 g/mol. The molecule has 0 spiro atoms. The standard InChI is InChI=1S/C22H31O2/c1-8-18(9-2)24-22-19(12-10-15(3)4)17(7)14-21(23)20(22)13-11-16(5)6/h8,10-11,23H,9,12-13H2,1-7H3. The molecule has 2 nitrogen and oxygen atoms in total. The van der Waals surface area contributed by atoms with E-state index in [4.69, 9.17) is 4.74 Å². The molecule has 24 heavy (non-hydrogen) atoms. The summed E-state index contributed by atoms with van der Waals surface area (Å²) in [4.78, 5) is 0. The second-order valence-electron chi connectivity index (χ2n) is 6.57. The first-order valence-electron chi connectivity index (χ1n) is 8.66. The van der Waals surface area contributed by atoms with E-state index in [0.29, 0.717) is 6.42 Å². The highest BCUT2D eigenvalue weighted by atomic mass is 16.5. The lowest BCUT2D eigenvalue weighted by Crippen LogP contribution is -2.04. The quantitative estimate of drug-likeness (QED) is 0.476. The molecule has 131 valence electrons. The second-order valence-corrected chi connectivity index (χ2v) is 6.57. The summed E-state index contributed by atoms with van der Waals surface area (Å²) in [6, 6.07) is 3.10. The molecule has 2 heteroatoms. The predicted octanol–water partition coefficient (Wildman–Crippen LogP) is 6.21. The number of hydrogen-bond donors (Lipinski definition) is 1. The summed E-state index contributed by atoms with van der Waals surface area (Å²) in [7, 11) is 0. The van der Waals surface area contributed by atoms with Crippen molar-refractivity contribution in [3.63, 3.8) is 0 Å². The minimum absolute atomic E-state index is 0.188. The molecule has 0 aromatic heterocycles. The molecule has 1 radical (unpaired) electrons. The molecule has 0 heterocycles. The Labute approximate surface area is 147 Å². The second kappa shape index (κ2) is 9.36. The van der Waals surface area contributed by atoms with Gasteiger partial charge in [-0.15, -0.1) is 0 Å². The maximum Gasteiger partial charge on any atom is 0.137 e. The highest BCUT2D eigenvalue weighted by Gasteiger charge is 2.18. The lowest BCUT2D eigenvalue weighted by atomic mass is 9.96. The van der Waals surface area contributed by atoms with Crippen LogP contribution in [0.4, 0.5) is 0 Å². The summed E-state index contributed by atoms with van der Waals surface area (Å²) in [6.07, 6.45) is 8.52. The summed E-state index contributed by atoms with van der Waals surface area (Å²) in [5.74, 6) is 1.89. The minimum Gasteiger partial charge on any atom is -0.507 e. The largest absolute Gasteiger partial charge is 0.507 e. The van der Waals surface area contributed by atoms with Gasteiger partial charge in [0.25, 0.3) is 0 Å². The zero-order valence-corrected chi connectivity index (χ0v) is 16.2. The van der Waals surface area contributed by atoms with E-state index in [-0.39, 0.29) is 5.75 Å². The third-order valence-electron chi connectivity index (χ3n) is 3.93. The molecule has 0 bridgehead atoms. The van der Waals surface area contributed by atoms with Crippen molar-refractivity contribution in [2.24, 2.45) is 0 Å². The van der Waals surface area contributed by atoms with Crippen molar-refractivity contribution in [3.05, 3.63) is 57.9 Å². The van der Waals surface area contributed by atoms with E-state index in [1.165, 1.54) is 11.1 Å². The zero-order chi connectivity index (χ0) is 18.3. The number of hydrogen-bond acceptors (Lipinski definition) is 2. The van der Waals surface area contributed by atoms with Gasteiger partial charge < -0.3 is 9.84 Å². The summed E-state index contributed by atoms with van der Waals surface area (Å²) < 4.78 is 6.22. The fourth-order valence-electron chi connectivity index (χ4n) is 2.43. The monoisotopic (exact) mass is 327 g/mol. The van der Waals surface area contributed by atoms with Crippen molar-refractivity contribution < 1.29 is 9.84 Å². The van der Waals surface area contributed by atoms with Gasteiger partial charge >= 0.3 is 0 Å². The lowest BCUT2D eigenvalue weighted by molar-refractivity contribution is 0.392. The van der Waals surface area contributed by atoms with Gasteiger partial charge in [-0.25, -0.2) is 0 Å². The summed E-state index contributed by atoms with van der Waals surface area (Å²) in [5, 5.41) is 10.4. The van der Waals surface area contributed by atoms with Crippen LogP contribution in [0.1, 0.15) is 64.7 Å². The van der Waals surface area contributed by atoms with Gasteiger partial charge in [0, 0.05) is 23.6 Å². The molecule has 0 aliphatic carbocycles. The lowest BCUT2D eigenvalue weighted by Gasteiger charge is -2.19. The van der Waals surface area contributed by atoms with Crippen LogP contribution < -0.4 is 4.74 Å². The fourth-order valence-corrected chi connectivity index (χ4v) is 2.43. The number of ether oxygens (including phenoxy) is 1. The number of allylic oxidation sites excluding steroid dienone is 6. The van der Waals surface area contributed by atoms with Crippen molar-refractivity contribution in [2.75, 3.05) is 0 Å². The predicted molar refractivity (Wildman–Crippen MR) is 103 cm³/mol. The number of phenols is 1. The Kier molecular flexibility index (Phi) is 7.84. The van der Waals surface area contributed by atoms with E-state index >= 15 is 0 Å². The average Bonchev–Trinajstić information content (AvgIpc) is 2.50. The third-order valence-corrected chi connectivity index (χ3v) is 3.93. The van der Waals surface area contributed by atoms with Crippen LogP contribution in [0.25, 0.3) is 0 Å². The Morgan fingerprint density at radius 2 is 1.58 bits per heavy atom. The van der Waals surface area contributed by atoms with Gasteiger partial charge in [0.2, 0.25) is 0 Å². The maximum absolute atomic E-state index is 10.4.